The first kappa shape index (κ1) is 23.6. The van der Waals surface area contributed by atoms with Crippen molar-refractivity contribution in [2.24, 2.45) is 5.92 Å². The van der Waals surface area contributed by atoms with Gasteiger partial charge < -0.3 is 49.6 Å². The van der Waals surface area contributed by atoms with E-state index in [1.807, 2.05) is 0 Å². The van der Waals surface area contributed by atoms with Gasteiger partial charge in [0, 0.05) is 30.2 Å². The number of hydrogen-bond donors (Lipinski definition) is 7. The molecule has 5 atom stereocenters. The molecule has 1 aliphatic rings. The fourth-order valence-corrected chi connectivity index (χ4v) is 4.11. The highest BCUT2D eigenvalue weighted by molar-refractivity contribution is 5.88. The van der Waals surface area contributed by atoms with Gasteiger partial charge >= 0.3 is 0 Å². The third kappa shape index (κ3) is 3.99. The zero-order chi connectivity index (χ0) is 24.7. The molecule has 0 radical (unpaired) electrons. The van der Waals surface area contributed by atoms with E-state index in [-0.39, 0.29) is 46.0 Å². The Hall–Kier alpha value is -3.51. The maximum atomic E-state index is 13.4. The lowest BCUT2D eigenvalue weighted by atomic mass is 9.81. The van der Waals surface area contributed by atoms with E-state index in [1.165, 1.54) is 25.3 Å². The Morgan fingerprint density at radius 1 is 1.00 bits per heavy atom. The molecule has 34 heavy (non-hydrogen) atoms. The predicted molar refractivity (Wildman–Crippen MR) is 117 cm³/mol. The number of aromatic hydroxyl groups is 3. The van der Waals surface area contributed by atoms with Gasteiger partial charge in [-0.25, -0.2) is 0 Å². The maximum absolute atomic E-state index is 13.4. The zero-order valence-corrected chi connectivity index (χ0v) is 18.0. The van der Waals surface area contributed by atoms with Crippen LogP contribution in [0.1, 0.15) is 6.42 Å². The third-order valence-electron chi connectivity index (χ3n) is 5.96. The molecular formula is C23H24O11. The van der Waals surface area contributed by atoms with Gasteiger partial charge in [-0.3, -0.25) is 4.79 Å². The molecule has 1 aromatic heterocycles. The van der Waals surface area contributed by atoms with Gasteiger partial charge in [0.25, 0.3) is 0 Å². The highest BCUT2D eigenvalue weighted by Gasteiger charge is 2.44. The lowest BCUT2D eigenvalue weighted by molar-refractivity contribution is -0.157. The minimum atomic E-state index is -1.65. The molecule has 0 spiro atoms. The summed E-state index contributed by atoms with van der Waals surface area (Å²) in [5, 5.41) is 70.0. The van der Waals surface area contributed by atoms with E-state index in [9.17, 15) is 40.5 Å². The summed E-state index contributed by atoms with van der Waals surface area (Å²) < 4.78 is 16.7. The summed E-state index contributed by atoms with van der Waals surface area (Å²) in [6.07, 6.45) is -5.99. The minimum Gasteiger partial charge on any atom is -0.508 e. The molecule has 11 heteroatoms. The van der Waals surface area contributed by atoms with Crippen molar-refractivity contribution in [3.63, 3.8) is 0 Å². The second-order valence-electron chi connectivity index (χ2n) is 8.12. The molecule has 0 bridgehead atoms. The third-order valence-corrected chi connectivity index (χ3v) is 5.96. The Labute approximate surface area is 192 Å². The maximum Gasteiger partial charge on any atom is 0.239 e. The van der Waals surface area contributed by atoms with Crippen LogP contribution in [0, 0.1) is 5.92 Å². The van der Waals surface area contributed by atoms with E-state index in [2.05, 4.69) is 0 Å². The first-order valence-electron chi connectivity index (χ1n) is 10.4. The van der Waals surface area contributed by atoms with Gasteiger partial charge in [-0.1, -0.05) is 0 Å². The molecule has 2 aromatic carbocycles. The van der Waals surface area contributed by atoms with E-state index < -0.39 is 53.9 Å². The number of phenolic OH excluding ortho intramolecular Hbond substituents is 3. The van der Waals surface area contributed by atoms with Gasteiger partial charge in [-0.2, -0.15) is 0 Å². The number of benzene rings is 2. The standard InChI is InChI=1S/C23H24O11/c1-32-14-4-9(2-3-12(14)26)22-23(20(30)17-13(27)6-11(25)7-15(17)33-22)34-16-5-10(8-24)18(28)21(31)19(16)29/h2-4,6-7,10,16,18-19,21,24-29,31H,5,8H2,1H3. The van der Waals surface area contributed by atoms with Crippen LogP contribution in [0.5, 0.6) is 28.7 Å². The topological polar surface area (TPSA) is 190 Å². The van der Waals surface area contributed by atoms with Crippen molar-refractivity contribution in [2.75, 3.05) is 13.7 Å². The number of aliphatic hydroxyl groups excluding tert-OH is 4. The van der Waals surface area contributed by atoms with E-state index in [0.29, 0.717) is 0 Å². The first-order valence-corrected chi connectivity index (χ1v) is 10.4. The molecule has 0 saturated heterocycles. The molecule has 0 aliphatic heterocycles. The number of fused-ring (bicyclic) bond motifs is 1. The molecule has 7 N–H and O–H groups in total. The number of rotatable bonds is 5. The number of hydrogen-bond acceptors (Lipinski definition) is 11. The van der Waals surface area contributed by atoms with Gasteiger partial charge in [0.05, 0.1) is 13.2 Å². The normalized spacial score (nSPS) is 24.8. The molecule has 1 fully saturated rings. The molecule has 3 aromatic rings. The Morgan fingerprint density at radius 2 is 1.74 bits per heavy atom. The van der Waals surface area contributed by atoms with Crippen LogP contribution in [0.4, 0.5) is 0 Å². The highest BCUT2D eigenvalue weighted by atomic mass is 16.5. The van der Waals surface area contributed by atoms with E-state index in [1.54, 1.807) is 0 Å². The van der Waals surface area contributed by atoms with Crippen LogP contribution in [0.2, 0.25) is 0 Å². The van der Waals surface area contributed by atoms with Gasteiger partial charge in [0.2, 0.25) is 11.2 Å². The fraction of sp³-hybridized carbons (Fsp3) is 0.348. The van der Waals surface area contributed by atoms with E-state index in [4.69, 9.17) is 13.9 Å². The van der Waals surface area contributed by atoms with Crippen LogP contribution in [0.15, 0.2) is 39.5 Å². The van der Waals surface area contributed by atoms with Gasteiger partial charge in [-0.15, -0.1) is 0 Å². The van der Waals surface area contributed by atoms with Gasteiger partial charge in [0.1, 0.15) is 40.8 Å². The molecule has 4 rings (SSSR count). The second-order valence-corrected chi connectivity index (χ2v) is 8.12. The second kappa shape index (κ2) is 9.03. The van der Waals surface area contributed by atoms with Crippen LogP contribution in [-0.2, 0) is 0 Å². The quantitative estimate of drug-likeness (QED) is 0.270. The Kier molecular flexibility index (Phi) is 6.28. The summed E-state index contributed by atoms with van der Waals surface area (Å²) in [6, 6.07) is 6.13. The smallest absolute Gasteiger partial charge is 0.239 e. The summed E-state index contributed by atoms with van der Waals surface area (Å²) >= 11 is 0. The number of phenols is 3. The van der Waals surface area contributed by atoms with Gasteiger partial charge in [0.15, 0.2) is 17.3 Å². The summed E-state index contributed by atoms with van der Waals surface area (Å²) in [5.74, 6) is -2.50. The molecular weight excluding hydrogens is 452 g/mol. The summed E-state index contributed by atoms with van der Waals surface area (Å²) in [7, 11) is 1.32. The van der Waals surface area contributed by atoms with E-state index >= 15 is 0 Å². The van der Waals surface area contributed by atoms with Crippen LogP contribution >= 0.6 is 0 Å². The van der Waals surface area contributed by atoms with Crippen molar-refractivity contribution in [2.45, 2.75) is 30.8 Å². The summed E-state index contributed by atoms with van der Waals surface area (Å²) in [5.41, 5.74) is -0.782. The van der Waals surface area contributed by atoms with Crippen LogP contribution in [-0.4, -0.2) is 73.9 Å². The Balaban J connectivity index is 1.92. The first-order chi connectivity index (χ1) is 16.2. The molecule has 1 heterocycles. The van der Waals surface area contributed by atoms with Crippen molar-refractivity contribution in [1.82, 2.24) is 0 Å². The summed E-state index contributed by atoms with van der Waals surface area (Å²) in [6.45, 7) is -0.501. The SMILES string of the molecule is COc1cc(-c2oc3cc(O)cc(O)c3c(=O)c2OC2CC(CO)C(O)C(O)C2O)ccc1O. The van der Waals surface area contributed by atoms with Crippen molar-refractivity contribution in [1.29, 1.82) is 0 Å². The summed E-state index contributed by atoms with van der Waals surface area (Å²) in [4.78, 5) is 13.4. The average Bonchev–Trinajstić information content (AvgIpc) is 2.80. The van der Waals surface area contributed by atoms with E-state index in [0.717, 1.165) is 12.1 Å². The monoisotopic (exact) mass is 476 g/mol. The zero-order valence-electron chi connectivity index (χ0n) is 18.0. The van der Waals surface area contributed by atoms with Crippen molar-refractivity contribution < 1.29 is 49.6 Å². The number of methoxy groups -OCH3 is 1. The van der Waals surface area contributed by atoms with Crippen molar-refractivity contribution >= 4 is 11.0 Å². The fourth-order valence-electron chi connectivity index (χ4n) is 4.11. The molecule has 182 valence electrons. The molecule has 0 amide bonds. The molecule has 11 nitrogen and oxygen atoms in total. The molecule has 5 unspecified atom stereocenters. The van der Waals surface area contributed by atoms with Crippen LogP contribution in [0.3, 0.4) is 0 Å². The molecule has 1 aliphatic carbocycles. The minimum absolute atomic E-state index is 0.0570. The number of aliphatic hydroxyl groups is 4. The van der Waals surface area contributed by atoms with Gasteiger partial charge in [-0.05, 0) is 24.6 Å². The highest BCUT2D eigenvalue weighted by Crippen LogP contribution is 2.40. The van der Waals surface area contributed by atoms with Crippen LogP contribution in [0.25, 0.3) is 22.3 Å². The largest absolute Gasteiger partial charge is 0.508 e. The van der Waals surface area contributed by atoms with Crippen molar-refractivity contribution in [3.8, 4) is 40.1 Å². The number of ether oxygens (including phenoxy) is 2. The van der Waals surface area contributed by atoms with Crippen molar-refractivity contribution in [3.05, 3.63) is 40.6 Å². The molecule has 1 saturated carbocycles. The van der Waals surface area contributed by atoms with Crippen LogP contribution < -0.4 is 14.9 Å². The lowest BCUT2D eigenvalue weighted by Gasteiger charge is -2.39. The average molecular weight is 476 g/mol. The predicted octanol–water partition coefficient (Wildman–Crippen LogP) is 0.428. The Morgan fingerprint density at radius 3 is 2.41 bits per heavy atom. The Bertz CT molecular complexity index is 1270. The lowest BCUT2D eigenvalue weighted by Crippen LogP contribution is -2.56.